The van der Waals surface area contributed by atoms with E-state index in [0.29, 0.717) is 24.3 Å². The summed E-state index contributed by atoms with van der Waals surface area (Å²) in [6, 6.07) is 10.8. The van der Waals surface area contributed by atoms with Crippen molar-refractivity contribution < 1.29 is 4.79 Å². The second-order valence-corrected chi connectivity index (χ2v) is 3.76. The van der Waals surface area contributed by atoms with Gasteiger partial charge in [0.15, 0.2) is 5.82 Å². The van der Waals surface area contributed by atoms with Crippen molar-refractivity contribution in [2.45, 2.75) is 6.42 Å². The molecular formula is C13H14N4O. The molecule has 2 rings (SSSR count). The number of nitrogens with one attached hydrogen (secondary N) is 1. The monoisotopic (exact) mass is 242 g/mol. The fourth-order valence-electron chi connectivity index (χ4n) is 1.67. The molecule has 0 aliphatic carbocycles. The Morgan fingerprint density at radius 3 is 2.78 bits per heavy atom. The molecule has 0 spiro atoms. The summed E-state index contributed by atoms with van der Waals surface area (Å²) in [7, 11) is 0. The van der Waals surface area contributed by atoms with Crippen molar-refractivity contribution in [3.05, 3.63) is 53.7 Å². The molecule has 0 saturated heterocycles. The van der Waals surface area contributed by atoms with Crippen LogP contribution in [0.4, 0.5) is 5.82 Å². The van der Waals surface area contributed by atoms with Crippen LogP contribution in [-0.2, 0) is 6.42 Å². The van der Waals surface area contributed by atoms with E-state index in [1.165, 1.54) is 0 Å². The highest BCUT2D eigenvalue weighted by Gasteiger charge is 2.10. The number of benzene rings is 1. The molecule has 0 unspecified atom stereocenters. The van der Waals surface area contributed by atoms with Gasteiger partial charge in [0.25, 0.3) is 5.91 Å². The van der Waals surface area contributed by atoms with Gasteiger partial charge in [-0.05, 0) is 36.7 Å². The molecule has 0 radical (unpaired) electrons. The quantitative estimate of drug-likeness (QED) is 0.845. The molecular weight excluding hydrogens is 228 g/mol. The molecule has 0 atom stereocenters. The Hall–Kier alpha value is -2.27. The average molecular weight is 242 g/mol. The zero-order valence-electron chi connectivity index (χ0n) is 9.84. The van der Waals surface area contributed by atoms with Crippen molar-refractivity contribution in [3.63, 3.8) is 0 Å². The Bertz CT molecular complexity index is 528. The maximum absolute atomic E-state index is 12.1. The van der Waals surface area contributed by atoms with Crippen LogP contribution in [0.25, 0.3) is 0 Å². The van der Waals surface area contributed by atoms with Crippen molar-refractivity contribution >= 4 is 11.7 Å². The summed E-state index contributed by atoms with van der Waals surface area (Å²) in [6.07, 6.45) is 2.22. The van der Waals surface area contributed by atoms with Crippen molar-refractivity contribution in [2.24, 2.45) is 5.73 Å². The normalized spacial score (nSPS) is 10.1. The fraction of sp³-hybridized carbons (Fsp3) is 0.154. The number of anilines is 1. The van der Waals surface area contributed by atoms with E-state index in [-0.39, 0.29) is 5.91 Å². The van der Waals surface area contributed by atoms with Gasteiger partial charge in [0.05, 0.1) is 0 Å². The number of carbonyl (C=O) groups is 1. The fourth-order valence-corrected chi connectivity index (χ4v) is 1.67. The minimum atomic E-state index is -0.195. The van der Waals surface area contributed by atoms with Crippen LogP contribution in [0.1, 0.15) is 15.9 Å². The molecule has 3 N–H and O–H groups in total. The van der Waals surface area contributed by atoms with Crippen LogP contribution in [0, 0.1) is 0 Å². The summed E-state index contributed by atoms with van der Waals surface area (Å²) in [6.45, 7) is 0.509. The highest BCUT2D eigenvalue weighted by molar-refractivity contribution is 6.04. The number of carbonyl (C=O) groups excluding carboxylic acids is 1. The molecule has 5 nitrogen and oxygen atoms in total. The topological polar surface area (TPSA) is 80.9 Å². The van der Waals surface area contributed by atoms with Gasteiger partial charge in [-0.2, -0.15) is 5.10 Å². The van der Waals surface area contributed by atoms with Crippen molar-refractivity contribution in [1.82, 2.24) is 10.2 Å². The number of nitrogens with zero attached hydrogens (tertiary/aromatic N) is 2. The number of nitrogens with two attached hydrogens (primary N) is 1. The van der Waals surface area contributed by atoms with E-state index in [4.69, 9.17) is 5.73 Å². The van der Waals surface area contributed by atoms with Gasteiger partial charge >= 0.3 is 0 Å². The Labute approximate surface area is 105 Å². The van der Waals surface area contributed by atoms with E-state index in [1.807, 2.05) is 18.2 Å². The van der Waals surface area contributed by atoms with Crippen molar-refractivity contribution in [1.29, 1.82) is 0 Å². The van der Waals surface area contributed by atoms with Crippen LogP contribution < -0.4 is 11.1 Å². The van der Waals surface area contributed by atoms with Crippen LogP contribution >= 0.6 is 0 Å². The van der Waals surface area contributed by atoms with Crippen LogP contribution in [0.15, 0.2) is 42.6 Å². The van der Waals surface area contributed by atoms with E-state index < -0.39 is 0 Å². The van der Waals surface area contributed by atoms with Crippen LogP contribution in [0.5, 0.6) is 0 Å². The molecule has 0 fully saturated rings. The highest BCUT2D eigenvalue weighted by Crippen LogP contribution is 2.11. The lowest BCUT2D eigenvalue weighted by Gasteiger charge is -2.08. The largest absolute Gasteiger partial charge is 0.330 e. The number of rotatable bonds is 4. The molecule has 2 aromatic rings. The summed E-state index contributed by atoms with van der Waals surface area (Å²) < 4.78 is 0. The van der Waals surface area contributed by atoms with Gasteiger partial charge in [-0.15, -0.1) is 5.10 Å². The van der Waals surface area contributed by atoms with Crippen molar-refractivity contribution in [3.8, 4) is 0 Å². The summed E-state index contributed by atoms with van der Waals surface area (Å²) in [5.74, 6) is 0.240. The molecule has 0 saturated carbocycles. The predicted octanol–water partition coefficient (Wildman–Crippen LogP) is 1.23. The second kappa shape index (κ2) is 5.88. The first-order chi connectivity index (χ1) is 8.81. The Morgan fingerprint density at radius 2 is 2.06 bits per heavy atom. The molecule has 0 bridgehead atoms. The van der Waals surface area contributed by atoms with Crippen molar-refractivity contribution in [2.75, 3.05) is 11.9 Å². The number of aromatic nitrogens is 2. The SMILES string of the molecule is NCCc1ccccc1C(=O)Nc1cccnn1. The molecule has 92 valence electrons. The second-order valence-electron chi connectivity index (χ2n) is 3.76. The maximum Gasteiger partial charge on any atom is 0.257 e. The zero-order chi connectivity index (χ0) is 12.8. The standard InChI is InChI=1S/C13H14N4O/c14-8-7-10-4-1-2-5-11(10)13(18)16-12-6-3-9-15-17-12/h1-6,9H,7-8,14H2,(H,16,17,18). The summed E-state index contributed by atoms with van der Waals surface area (Å²) in [4.78, 5) is 12.1. The lowest BCUT2D eigenvalue weighted by molar-refractivity contribution is 0.102. The van der Waals surface area contributed by atoms with Gasteiger partial charge in [0.1, 0.15) is 0 Å². The molecule has 5 heteroatoms. The molecule has 1 aromatic heterocycles. The van der Waals surface area contributed by atoms with Gasteiger partial charge in [-0.1, -0.05) is 18.2 Å². The lowest BCUT2D eigenvalue weighted by Crippen LogP contribution is -2.16. The maximum atomic E-state index is 12.1. The Balaban J connectivity index is 2.19. The molecule has 1 heterocycles. The summed E-state index contributed by atoms with van der Waals surface area (Å²) >= 11 is 0. The van der Waals surface area contributed by atoms with Gasteiger partial charge < -0.3 is 11.1 Å². The first-order valence-electron chi connectivity index (χ1n) is 5.68. The van der Waals surface area contributed by atoms with E-state index in [0.717, 1.165) is 5.56 Å². The van der Waals surface area contributed by atoms with E-state index in [2.05, 4.69) is 15.5 Å². The molecule has 1 aromatic carbocycles. The van der Waals surface area contributed by atoms with Crippen LogP contribution in [0.3, 0.4) is 0 Å². The molecule has 0 aliphatic heterocycles. The van der Waals surface area contributed by atoms with Gasteiger partial charge in [0, 0.05) is 11.8 Å². The summed E-state index contributed by atoms with van der Waals surface area (Å²) in [5.41, 5.74) is 7.08. The number of hydrogen-bond acceptors (Lipinski definition) is 4. The third-order valence-corrected chi connectivity index (χ3v) is 2.49. The third kappa shape index (κ3) is 2.89. The van der Waals surface area contributed by atoms with Gasteiger partial charge in [-0.25, -0.2) is 0 Å². The highest BCUT2D eigenvalue weighted by atomic mass is 16.1. The van der Waals surface area contributed by atoms with E-state index in [9.17, 15) is 4.79 Å². The minimum absolute atomic E-state index is 0.195. The number of amides is 1. The first kappa shape index (κ1) is 12.2. The van der Waals surface area contributed by atoms with E-state index in [1.54, 1.807) is 24.4 Å². The molecule has 18 heavy (non-hydrogen) atoms. The Kier molecular flexibility index (Phi) is 3.98. The van der Waals surface area contributed by atoms with Crippen LogP contribution in [-0.4, -0.2) is 22.6 Å². The van der Waals surface area contributed by atoms with E-state index >= 15 is 0 Å². The lowest BCUT2D eigenvalue weighted by atomic mass is 10.0. The first-order valence-corrected chi connectivity index (χ1v) is 5.68. The molecule has 1 amide bonds. The average Bonchev–Trinajstić information content (AvgIpc) is 2.41. The Morgan fingerprint density at radius 1 is 1.22 bits per heavy atom. The van der Waals surface area contributed by atoms with Gasteiger partial charge in [-0.3, -0.25) is 4.79 Å². The number of hydrogen-bond donors (Lipinski definition) is 2. The molecule has 0 aliphatic rings. The smallest absolute Gasteiger partial charge is 0.257 e. The predicted molar refractivity (Wildman–Crippen MR) is 69.2 cm³/mol. The summed E-state index contributed by atoms with van der Waals surface area (Å²) in [5, 5.41) is 10.2. The zero-order valence-corrected chi connectivity index (χ0v) is 9.84. The third-order valence-electron chi connectivity index (χ3n) is 2.49. The van der Waals surface area contributed by atoms with Gasteiger partial charge in [0.2, 0.25) is 0 Å². The minimum Gasteiger partial charge on any atom is -0.330 e. The van der Waals surface area contributed by atoms with Crippen LogP contribution in [0.2, 0.25) is 0 Å².